The Morgan fingerprint density at radius 3 is 2.44 bits per heavy atom. The minimum Gasteiger partial charge on any atom is -0.295 e. The number of allylic oxidation sites excluding steroid dienone is 2. The zero-order chi connectivity index (χ0) is 26.5. The first-order valence-corrected chi connectivity index (χ1v) is 15.1. The van der Waals surface area contributed by atoms with Crippen LogP contribution in [0.4, 0.5) is 0 Å². The molecule has 5 nitrogen and oxygen atoms in total. The predicted octanol–water partition coefficient (Wildman–Crippen LogP) is 8.69. The first kappa shape index (κ1) is 28.4. The smallest absolute Gasteiger partial charge is 0.295 e. The van der Waals surface area contributed by atoms with E-state index in [2.05, 4.69) is 71.2 Å². The molecule has 1 unspecified atom stereocenters. The molecule has 0 N–H and O–H groups in total. The minimum absolute atomic E-state index is 0.0338. The Morgan fingerprint density at radius 1 is 1.06 bits per heavy atom. The molecular weight excluding hydrogens is 471 g/mol. The standard InChI is InChI=1S/C30H49O5P/c1-19(18-27(3,4)5)15-20(2)22-10-13-30(8)24-17-26(31)25-16-21(33-34-35-36-32)9-12-28(25,6)23(24)11-14-29(22,30)7/h17,19-23,25H,9-16,18H2,1-8H3/t19-,20+,21-,22+,23?,25-,28+,29+,30-/m0/s1. The zero-order valence-corrected chi connectivity index (χ0v) is 24.8. The van der Waals surface area contributed by atoms with Crippen LogP contribution in [0.1, 0.15) is 113 Å². The first-order chi connectivity index (χ1) is 16.7. The molecule has 36 heavy (non-hydrogen) atoms. The van der Waals surface area contributed by atoms with E-state index in [9.17, 15) is 9.36 Å². The van der Waals surface area contributed by atoms with Gasteiger partial charge in [0.05, 0.1) is 6.10 Å². The van der Waals surface area contributed by atoms with E-state index < -0.39 is 8.69 Å². The van der Waals surface area contributed by atoms with Gasteiger partial charge in [-0.1, -0.05) is 66.0 Å². The summed E-state index contributed by atoms with van der Waals surface area (Å²) in [7, 11) is -0.576. The molecule has 0 aromatic heterocycles. The Morgan fingerprint density at radius 2 is 1.78 bits per heavy atom. The molecule has 204 valence electrons. The van der Waals surface area contributed by atoms with E-state index in [0.29, 0.717) is 29.6 Å². The second-order valence-corrected chi connectivity index (χ2v) is 15.1. The van der Waals surface area contributed by atoms with Crippen molar-refractivity contribution in [1.82, 2.24) is 0 Å². The van der Waals surface area contributed by atoms with Crippen LogP contribution in [0.5, 0.6) is 0 Å². The van der Waals surface area contributed by atoms with Gasteiger partial charge < -0.3 is 0 Å². The lowest BCUT2D eigenvalue weighted by Gasteiger charge is -2.61. The van der Waals surface area contributed by atoms with Crippen molar-refractivity contribution in [3.8, 4) is 0 Å². The van der Waals surface area contributed by atoms with Gasteiger partial charge in [-0.25, -0.2) is 9.45 Å². The summed E-state index contributed by atoms with van der Waals surface area (Å²) in [4.78, 5) is 18.9. The van der Waals surface area contributed by atoms with Gasteiger partial charge in [0.15, 0.2) is 5.78 Å². The van der Waals surface area contributed by atoms with Crippen molar-refractivity contribution in [2.45, 2.75) is 119 Å². The number of hydrogen-bond donors (Lipinski definition) is 0. The summed E-state index contributed by atoms with van der Waals surface area (Å²) < 4.78 is 14.8. The van der Waals surface area contributed by atoms with E-state index >= 15 is 0 Å². The molecule has 0 aromatic carbocycles. The molecule has 0 aliphatic heterocycles. The lowest BCUT2D eigenvalue weighted by atomic mass is 9.43. The fraction of sp³-hybridized carbons (Fsp3) is 0.900. The highest BCUT2D eigenvalue weighted by atomic mass is 31.1. The monoisotopic (exact) mass is 520 g/mol. The normalized spacial score (nSPS) is 42.3. The van der Waals surface area contributed by atoms with E-state index in [1.165, 1.54) is 44.1 Å². The molecule has 0 aromatic rings. The van der Waals surface area contributed by atoms with Gasteiger partial charge >= 0.3 is 8.69 Å². The van der Waals surface area contributed by atoms with Crippen molar-refractivity contribution < 1.29 is 24.0 Å². The van der Waals surface area contributed by atoms with Crippen molar-refractivity contribution in [2.24, 2.45) is 51.2 Å². The van der Waals surface area contributed by atoms with E-state index in [1.54, 1.807) is 0 Å². The molecule has 4 aliphatic carbocycles. The summed E-state index contributed by atoms with van der Waals surface area (Å²) in [6, 6.07) is 0. The molecule has 4 aliphatic rings. The maximum absolute atomic E-state index is 13.6. The van der Waals surface area contributed by atoms with Crippen molar-refractivity contribution in [2.75, 3.05) is 0 Å². The predicted molar refractivity (Wildman–Crippen MR) is 142 cm³/mol. The molecule has 6 heteroatoms. The molecule has 0 bridgehead atoms. The van der Waals surface area contributed by atoms with Crippen LogP contribution >= 0.6 is 8.69 Å². The summed E-state index contributed by atoms with van der Waals surface area (Å²) in [6.07, 6.45) is 11.7. The highest BCUT2D eigenvalue weighted by molar-refractivity contribution is 7.17. The van der Waals surface area contributed by atoms with Crippen LogP contribution in [-0.4, -0.2) is 11.9 Å². The summed E-state index contributed by atoms with van der Waals surface area (Å²) >= 11 is 0. The number of ketones is 1. The third-order valence-corrected chi connectivity index (χ3v) is 11.5. The lowest BCUT2D eigenvalue weighted by Crippen LogP contribution is -2.55. The van der Waals surface area contributed by atoms with Crippen LogP contribution in [0.15, 0.2) is 11.6 Å². The highest BCUT2D eigenvalue weighted by Crippen LogP contribution is 2.72. The summed E-state index contributed by atoms with van der Waals surface area (Å²) in [5.41, 5.74) is 2.16. The van der Waals surface area contributed by atoms with Crippen LogP contribution in [0.3, 0.4) is 0 Å². The zero-order valence-electron chi connectivity index (χ0n) is 23.9. The quantitative estimate of drug-likeness (QED) is 0.139. The Balaban J connectivity index is 1.54. The fourth-order valence-corrected chi connectivity index (χ4v) is 9.80. The van der Waals surface area contributed by atoms with E-state index in [-0.39, 0.29) is 34.1 Å². The number of carbonyl (C=O) groups is 1. The molecule has 0 radical (unpaired) electrons. The van der Waals surface area contributed by atoms with Crippen molar-refractivity contribution >= 4 is 14.5 Å². The molecule has 0 spiro atoms. The van der Waals surface area contributed by atoms with E-state index in [0.717, 1.165) is 18.8 Å². The van der Waals surface area contributed by atoms with Gasteiger partial charge in [-0.05, 0) is 109 Å². The fourth-order valence-electron chi connectivity index (χ4n) is 9.74. The highest BCUT2D eigenvalue weighted by Gasteiger charge is 2.64. The lowest BCUT2D eigenvalue weighted by molar-refractivity contribution is -0.483. The SMILES string of the molecule is C[C@@H](C[C@@H](C)[C@H]1CC[C@@]2(C)C3=CC(=O)[C@@H]4C[C@@H](OOOP=O)CC[C@]4(C)C3CC[C@]12C)CC(C)(C)C. The van der Waals surface area contributed by atoms with Crippen LogP contribution < -0.4 is 0 Å². The van der Waals surface area contributed by atoms with Crippen molar-refractivity contribution in [3.63, 3.8) is 0 Å². The van der Waals surface area contributed by atoms with Gasteiger partial charge in [0, 0.05) is 5.92 Å². The Hall–Kier alpha value is -0.610. The Labute approximate surface area is 220 Å². The number of hydrogen-bond acceptors (Lipinski definition) is 5. The molecule has 9 atom stereocenters. The van der Waals surface area contributed by atoms with Gasteiger partial charge in [-0.15, -0.1) is 4.67 Å². The number of fused-ring (bicyclic) bond motifs is 5. The molecule has 4 rings (SSSR count). The van der Waals surface area contributed by atoms with E-state index in [1.807, 2.05) is 0 Å². The van der Waals surface area contributed by atoms with E-state index in [4.69, 9.17) is 4.89 Å². The van der Waals surface area contributed by atoms with Crippen LogP contribution in [0, 0.1) is 51.2 Å². The Bertz CT molecular complexity index is 879. The van der Waals surface area contributed by atoms with Gasteiger partial charge in [0.1, 0.15) is 0 Å². The molecule has 0 saturated heterocycles. The maximum Gasteiger partial charge on any atom is 0.361 e. The molecule has 3 saturated carbocycles. The second-order valence-electron chi connectivity index (χ2n) is 14.8. The average Bonchev–Trinajstić information content (AvgIpc) is 3.05. The number of rotatable bonds is 8. The minimum atomic E-state index is -0.576. The first-order valence-electron chi connectivity index (χ1n) is 14.3. The second kappa shape index (κ2) is 10.2. The molecule has 3 fully saturated rings. The average molecular weight is 521 g/mol. The Kier molecular flexibility index (Phi) is 8.03. The van der Waals surface area contributed by atoms with Gasteiger partial charge in [-0.2, -0.15) is 0 Å². The van der Waals surface area contributed by atoms with Gasteiger partial charge in [-0.3, -0.25) is 4.79 Å². The van der Waals surface area contributed by atoms with Crippen LogP contribution in [0.2, 0.25) is 0 Å². The van der Waals surface area contributed by atoms with Gasteiger partial charge in [0.2, 0.25) is 0 Å². The molecule has 0 heterocycles. The summed E-state index contributed by atoms with van der Waals surface area (Å²) in [5, 5.41) is 4.60. The van der Waals surface area contributed by atoms with Crippen molar-refractivity contribution in [1.29, 1.82) is 0 Å². The van der Waals surface area contributed by atoms with Crippen LogP contribution in [0.25, 0.3) is 0 Å². The van der Waals surface area contributed by atoms with Crippen molar-refractivity contribution in [3.05, 3.63) is 11.6 Å². The topological polar surface area (TPSA) is 61.8 Å². The molecular formula is C30H49O5P. The third kappa shape index (κ3) is 4.92. The third-order valence-electron chi connectivity index (χ3n) is 11.4. The maximum atomic E-state index is 13.6. The van der Waals surface area contributed by atoms with Crippen LogP contribution in [-0.2, 0) is 24.0 Å². The summed E-state index contributed by atoms with van der Waals surface area (Å²) in [6.45, 7) is 19.4. The molecule has 0 amide bonds. The largest absolute Gasteiger partial charge is 0.361 e. The number of carbonyl (C=O) groups excluding carboxylic acids is 1. The van der Waals surface area contributed by atoms with Gasteiger partial charge in [0.25, 0.3) is 0 Å². The summed E-state index contributed by atoms with van der Waals surface area (Å²) in [5.74, 6) is 2.83.